The number of esters is 2. The standard InChI is InChI=1S/C20H23F3NO7.Li/c1-4-11-19(17(26)30-5-2,18(27)31-6-3)15(12-24(28)29)13-7-9-14(10-8-13)16(25)20(21,22)23;/h4,7-10,15,24H,1,5-6,11-12H2,2-3H3;/q-1;+1. The van der Waals surface area contributed by atoms with Gasteiger partial charge < -0.3 is 25.1 Å². The molecule has 0 aliphatic heterocycles. The molecule has 12 heteroatoms. The molecule has 0 saturated heterocycles. The topological polar surface area (TPSA) is 120 Å². The first-order valence-corrected chi connectivity index (χ1v) is 9.32. The normalized spacial score (nSPS) is 12.5. The molecule has 0 amide bonds. The van der Waals surface area contributed by atoms with Crippen LogP contribution in [-0.4, -0.2) is 43.7 Å². The summed E-state index contributed by atoms with van der Waals surface area (Å²) < 4.78 is 48.0. The predicted octanol–water partition coefficient (Wildman–Crippen LogP) is -0.912. The van der Waals surface area contributed by atoms with E-state index in [4.69, 9.17) is 9.47 Å². The summed E-state index contributed by atoms with van der Waals surface area (Å²) in [5, 5.41) is 21.3. The minimum atomic E-state index is -5.10. The molecular formula is C20H23F3LiNO7. The summed E-state index contributed by atoms with van der Waals surface area (Å²) in [6.07, 6.45) is -4.27. The molecule has 0 aliphatic rings. The first-order valence-electron chi connectivity index (χ1n) is 9.32. The summed E-state index contributed by atoms with van der Waals surface area (Å²) in [5.74, 6) is -5.67. The molecule has 1 atom stereocenters. The van der Waals surface area contributed by atoms with Crippen molar-refractivity contribution >= 4 is 17.7 Å². The third-order valence-corrected chi connectivity index (χ3v) is 4.54. The number of carbonyl (C=O) groups excluding carboxylic acids is 3. The second-order valence-corrected chi connectivity index (χ2v) is 6.48. The van der Waals surface area contributed by atoms with E-state index >= 15 is 0 Å². The maximum atomic E-state index is 12.9. The van der Waals surface area contributed by atoms with Crippen LogP contribution in [0.3, 0.4) is 0 Å². The average molecular weight is 453 g/mol. The minimum absolute atomic E-state index is 0. The molecule has 0 heterocycles. The zero-order valence-electron chi connectivity index (χ0n) is 18.0. The van der Waals surface area contributed by atoms with Crippen LogP contribution in [0.1, 0.15) is 42.1 Å². The summed E-state index contributed by atoms with van der Waals surface area (Å²) in [4.78, 5) is 37.2. The number of hydrogen-bond acceptors (Lipinski definition) is 7. The van der Waals surface area contributed by atoms with E-state index in [1.165, 1.54) is 19.9 Å². The number of hydrogen-bond donors (Lipinski definition) is 1. The van der Waals surface area contributed by atoms with Crippen molar-refractivity contribution < 1.29 is 61.1 Å². The largest absolute Gasteiger partial charge is 1.00 e. The van der Waals surface area contributed by atoms with Gasteiger partial charge in [-0.05, 0) is 25.8 Å². The molecule has 1 N–H and O–H groups in total. The van der Waals surface area contributed by atoms with Gasteiger partial charge >= 0.3 is 37.0 Å². The number of benzene rings is 1. The molecule has 1 aromatic rings. The molecule has 0 aromatic heterocycles. The SMILES string of the molecule is C=CCC(C(=O)OCC)(C(=O)OCC)C(C[NH+]([O-])[O-])c1ccc(C(=O)C(F)(F)F)cc1.[Li+]. The maximum Gasteiger partial charge on any atom is 1.00 e. The Balaban J connectivity index is 0.00000961. The first kappa shape index (κ1) is 29.8. The second kappa shape index (κ2) is 12.8. The van der Waals surface area contributed by atoms with Crippen LogP contribution < -0.4 is 24.1 Å². The number of carbonyl (C=O) groups is 3. The molecule has 1 unspecified atom stereocenters. The predicted molar refractivity (Wildman–Crippen MR) is 103 cm³/mol. The Morgan fingerprint density at radius 2 is 1.53 bits per heavy atom. The van der Waals surface area contributed by atoms with Gasteiger partial charge in [0.15, 0.2) is 5.41 Å². The van der Waals surface area contributed by atoms with E-state index in [2.05, 4.69) is 6.58 Å². The van der Waals surface area contributed by atoms with E-state index in [0.717, 1.165) is 24.3 Å². The number of ketones is 1. The third kappa shape index (κ3) is 6.92. The van der Waals surface area contributed by atoms with E-state index in [1.54, 1.807) is 0 Å². The van der Waals surface area contributed by atoms with Crippen molar-refractivity contribution in [3.8, 4) is 0 Å². The zero-order valence-corrected chi connectivity index (χ0v) is 18.0. The van der Waals surface area contributed by atoms with Crippen molar-refractivity contribution in [3.05, 3.63) is 58.5 Å². The number of hydroxylamine groups is 2. The van der Waals surface area contributed by atoms with Crippen LogP contribution in [0.15, 0.2) is 36.9 Å². The number of nitrogens with one attached hydrogen (secondary N) is 1. The molecule has 32 heavy (non-hydrogen) atoms. The van der Waals surface area contributed by atoms with Crippen molar-refractivity contribution in [3.63, 3.8) is 0 Å². The van der Waals surface area contributed by atoms with Crippen molar-refractivity contribution in [1.82, 2.24) is 0 Å². The van der Waals surface area contributed by atoms with Crippen molar-refractivity contribution in [2.75, 3.05) is 19.8 Å². The van der Waals surface area contributed by atoms with E-state index in [-0.39, 0.29) is 44.1 Å². The first-order chi connectivity index (χ1) is 14.4. The van der Waals surface area contributed by atoms with Gasteiger partial charge in [-0.15, -0.1) is 6.58 Å². The Morgan fingerprint density at radius 3 is 1.88 bits per heavy atom. The van der Waals surface area contributed by atoms with Crippen LogP contribution in [-0.2, 0) is 19.1 Å². The van der Waals surface area contributed by atoms with Crippen LogP contribution in [0.2, 0.25) is 0 Å². The Bertz CT molecular complexity index is 779. The second-order valence-electron chi connectivity index (χ2n) is 6.48. The molecule has 1 aromatic carbocycles. The Hall–Kier alpha value is -2.16. The molecule has 0 saturated carbocycles. The molecule has 8 nitrogen and oxygen atoms in total. The van der Waals surface area contributed by atoms with Crippen LogP contribution in [0.5, 0.6) is 0 Å². The summed E-state index contributed by atoms with van der Waals surface area (Å²) in [6, 6.07) is 3.76. The van der Waals surface area contributed by atoms with Gasteiger partial charge in [0.2, 0.25) is 0 Å². The van der Waals surface area contributed by atoms with E-state index < -0.39 is 52.6 Å². The Labute approximate surface area is 195 Å². The van der Waals surface area contributed by atoms with Gasteiger partial charge in [0.1, 0.15) is 0 Å². The molecular weight excluding hydrogens is 430 g/mol. The maximum absolute atomic E-state index is 12.9. The monoisotopic (exact) mass is 453 g/mol. The Kier molecular flexibility index (Phi) is 11.9. The van der Waals surface area contributed by atoms with Crippen LogP contribution in [0, 0.1) is 15.8 Å². The number of Topliss-reactive ketones (excluding diaryl/α,β-unsaturated/α-hetero) is 1. The summed E-state index contributed by atoms with van der Waals surface area (Å²) in [7, 11) is 0. The summed E-state index contributed by atoms with van der Waals surface area (Å²) >= 11 is 0. The van der Waals surface area contributed by atoms with Gasteiger partial charge in [-0.25, -0.2) is 0 Å². The fourth-order valence-corrected chi connectivity index (χ4v) is 3.20. The quantitative estimate of drug-likeness (QED) is 0.115. The van der Waals surface area contributed by atoms with Crippen LogP contribution >= 0.6 is 0 Å². The number of quaternary nitrogens is 1. The number of rotatable bonds is 11. The molecule has 0 aliphatic carbocycles. The molecule has 0 fully saturated rings. The van der Waals surface area contributed by atoms with Crippen molar-refractivity contribution in [1.29, 1.82) is 0 Å². The van der Waals surface area contributed by atoms with Gasteiger partial charge in [-0.1, -0.05) is 30.3 Å². The zero-order chi connectivity index (χ0) is 23.8. The fourth-order valence-electron chi connectivity index (χ4n) is 3.20. The van der Waals surface area contributed by atoms with Gasteiger partial charge in [-0.2, -0.15) is 13.2 Å². The van der Waals surface area contributed by atoms with E-state index in [1.807, 2.05) is 0 Å². The van der Waals surface area contributed by atoms with Gasteiger partial charge in [0, 0.05) is 5.56 Å². The smallest absolute Gasteiger partial charge is 0.633 e. The van der Waals surface area contributed by atoms with Gasteiger partial charge in [-0.3, -0.25) is 14.4 Å². The number of allylic oxidation sites excluding steroid dienone is 1. The Morgan fingerprint density at radius 1 is 1.06 bits per heavy atom. The number of halogens is 3. The van der Waals surface area contributed by atoms with E-state index in [0.29, 0.717) is 0 Å². The van der Waals surface area contributed by atoms with Crippen LogP contribution in [0.4, 0.5) is 13.2 Å². The fraction of sp³-hybridized carbons (Fsp3) is 0.450. The van der Waals surface area contributed by atoms with Crippen molar-refractivity contribution in [2.24, 2.45) is 5.41 Å². The van der Waals surface area contributed by atoms with Gasteiger partial charge in [0.25, 0.3) is 5.78 Å². The minimum Gasteiger partial charge on any atom is -0.633 e. The summed E-state index contributed by atoms with van der Waals surface area (Å²) in [6.45, 7) is 5.35. The molecule has 172 valence electrons. The van der Waals surface area contributed by atoms with Crippen molar-refractivity contribution in [2.45, 2.75) is 32.4 Å². The van der Waals surface area contributed by atoms with Gasteiger partial charge in [0.05, 0.1) is 25.7 Å². The van der Waals surface area contributed by atoms with Crippen LogP contribution in [0.25, 0.3) is 0 Å². The molecule has 1 rings (SSSR count). The molecule has 0 radical (unpaired) electrons. The molecule has 0 spiro atoms. The summed E-state index contributed by atoms with van der Waals surface area (Å²) in [5.41, 5.74) is -2.86. The third-order valence-electron chi connectivity index (χ3n) is 4.54. The molecule has 0 bridgehead atoms. The van der Waals surface area contributed by atoms with E-state index in [9.17, 15) is 38.0 Å². The number of alkyl halides is 3. The number of ether oxygens (including phenoxy) is 2. The average Bonchev–Trinajstić information content (AvgIpc) is 2.69.